The van der Waals surface area contributed by atoms with Gasteiger partial charge >= 0.3 is 0 Å². The Morgan fingerprint density at radius 1 is 1.31 bits per heavy atom. The second kappa shape index (κ2) is 6.30. The quantitative estimate of drug-likeness (QED) is 0.728. The van der Waals surface area contributed by atoms with Gasteiger partial charge in [-0.05, 0) is 38.8 Å². The summed E-state index contributed by atoms with van der Waals surface area (Å²) in [6.07, 6.45) is 8.69. The summed E-state index contributed by atoms with van der Waals surface area (Å²) in [5, 5.41) is 7.09. The molecular weight excluding hydrogens is 220 g/mol. The van der Waals surface area contributed by atoms with Crippen LogP contribution in [0.25, 0.3) is 0 Å². The van der Waals surface area contributed by atoms with Gasteiger partial charge in [-0.2, -0.15) is 0 Å². The lowest BCUT2D eigenvalue weighted by atomic mass is 10.2. The number of hydrogen-bond donors (Lipinski definition) is 2. The average Bonchev–Trinajstić information content (AvgIpc) is 2.81. The number of carbonyl (C=O) groups excluding carboxylic acids is 1. The number of nitrogens with one attached hydrogen (secondary N) is 2. The molecule has 2 aliphatic rings. The van der Waals surface area contributed by atoms with Crippen molar-refractivity contribution in [3.05, 3.63) is 12.2 Å². The highest BCUT2D eigenvalue weighted by Crippen LogP contribution is 2.20. The van der Waals surface area contributed by atoms with Crippen molar-refractivity contribution in [3.8, 4) is 0 Å². The van der Waals surface area contributed by atoms with Gasteiger partial charge in [0.1, 0.15) is 0 Å². The van der Waals surface area contributed by atoms with Gasteiger partial charge in [-0.25, -0.2) is 0 Å². The Bertz CT molecular complexity index is 254. The SMILES string of the molecule is O=C(CSC1CCNCC1)NC1CC=CC1. The van der Waals surface area contributed by atoms with Crippen LogP contribution in [0.4, 0.5) is 0 Å². The van der Waals surface area contributed by atoms with Gasteiger partial charge in [-0.1, -0.05) is 12.2 Å². The van der Waals surface area contributed by atoms with Gasteiger partial charge in [-0.15, -0.1) is 11.8 Å². The van der Waals surface area contributed by atoms with E-state index in [0.717, 1.165) is 25.9 Å². The lowest BCUT2D eigenvalue weighted by Crippen LogP contribution is -2.35. The van der Waals surface area contributed by atoms with Gasteiger partial charge in [0, 0.05) is 11.3 Å². The van der Waals surface area contributed by atoms with E-state index in [0.29, 0.717) is 17.0 Å². The van der Waals surface area contributed by atoms with Crippen LogP contribution < -0.4 is 10.6 Å². The molecule has 4 heteroatoms. The molecule has 3 nitrogen and oxygen atoms in total. The Labute approximate surface area is 101 Å². The monoisotopic (exact) mass is 240 g/mol. The van der Waals surface area contributed by atoms with E-state index in [1.165, 1.54) is 12.8 Å². The first-order chi connectivity index (χ1) is 7.84. The summed E-state index contributed by atoms with van der Waals surface area (Å²) in [6, 6.07) is 0.362. The minimum absolute atomic E-state index is 0.206. The minimum Gasteiger partial charge on any atom is -0.352 e. The third kappa shape index (κ3) is 3.83. The zero-order valence-electron chi connectivity index (χ0n) is 9.58. The maximum Gasteiger partial charge on any atom is 0.230 e. The maximum atomic E-state index is 11.7. The first-order valence-corrected chi connectivity index (χ1v) is 7.16. The molecule has 0 aromatic rings. The molecule has 16 heavy (non-hydrogen) atoms. The van der Waals surface area contributed by atoms with E-state index in [-0.39, 0.29) is 5.91 Å². The van der Waals surface area contributed by atoms with Crippen LogP contribution in [0.1, 0.15) is 25.7 Å². The lowest BCUT2D eigenvalue weighted by molar-refractivity contribution is -0.119. The fraction of sp³-hybridized carbons (Fsp3) is 0.750. The smallest absolute Gasteiger partial charge is 0.230 e. The molecule has 1 fully saturated rings. The standard InChI is InChI=1S/C12H20N2OS/c15-12(14-10-3-1-2-4-10)9-16-11-5-7-13-8-6-11/h1-2,10-11,13H,3-9H2,(H,14,15). The van der Waals surface area contributed by atoms with Crippen LogP contribution in [0.15, 0.2) is 12.2 Å². The van der Waals surface area contributed by atoms with E-state index in [1.54, 1.807) is 0 Å². The molecule has 0 saturated carbocycles. The molecule has 0 radical (unpaired) electrons. The van der Waals surface area contributed by atoms with Gasteiger partial charge in [0.05, 0.1) is 5.75 Å². The van der Waals surface area contributed by atoms with Crippen molar-refractivity contribution in [2.75, 3.05) is 18.8 Å². The molecule has 0 atom stereocenters. The predicted octanol–water partition coefficient (Wildman–Crippen LogP) is 1.31. The van der Waals surface area contributed by atoms with Gasteiger partial charge in [0.25, 0.3) is 0 Å². The molecule has 1 aliphatic carbocycles. The van der Waals surface area contributed by atoms with E-state index in [1.807, 2.05) is 11.8 Å². The largest absolute Gasteiger partial charge is 0.352 e. The molecule has 1 heterocycles. The fourth-order valence-electron chi connectivity index (χ4n) is 2.16. The number of carbonyl (C=O) groups is 1. The molecule has 2 rings (SSSR count). The van der Waals surface area contributed by atoms with Crippen molar-refractivity contribution in [3.63, 3.8) is 0 Å². The highest BCUT2D eigenvalue weighted by molar-refractivity contribution is 8.00. The normalized spacial score (nSPS) is 22.5. The number of amides is 1. The van der Waals surface area contributed by atoms with Gasteiger partial charge in [0.2, 0.25) is 5.91 Å². The Morgan fingerprint density at radius 2 is 2.00 bits per heavy atom. The first kappa shape index (κ1) is 12.0. The third-order valence-corrected chi connectivity index (χ3v) is 4.48. The van der Waals surface area contributed by atoms with Crippen molar-refractivity contribution in [2.24, 2.45) is 0 Å². The fourth-order valence-corrected chi connectivity index (χ4v) is 3.20. The highest BCUT2D eigenvalue weighted by Gasteiger charge is 2.17. The summed E-state index contributed by atoms with van der Waals surface area (Å²) in [7, 11) is 0. The Hall–Kier alpha value is -0.480. The third-order valence-electron chi connectivity index (χ3n) is 3.11. The molecule has 1 saturated heterocycles. The second-order valence-electron chi connectivity index (χ2n) is 4.47. The van der Waals surface area contributed by atoms with Crippen LogP contribution >= 0.6 is 11.8 Å². The average molecular weight is 240 g/mol. The molecule has 90 valence electrons. The van der Waals surface area contributed by atoms with Crippen LogP contribution in [0.5, 0.6) is 0 Å². The molecule has 0 spiro atoms. The van der Waals surface area contributed by atoms with Crippen molar-refractivity contribution < 1.29 is 4.79 Å². The summed E-state index contributed by atoms with van der Waals surface area (Å²) in [5.41, 5.74) is 0. The zero-order chi connectivity index (χ0) is 11.2. The molecule has 0 bridgehead atoms. The van der Waals surface area contributed by atoms with Crippen LogP contribution in [0.2, 0.25) is 0 Å². The van der Waals surface area contributed by atoms with Crippen LogP contribution in [-0.4, -0.2) is 36.0 Å². The van der Waals surface area contributed by atoms with Crippen molar-refractivity contribution in [2.45, 2.75) is 37.0 Å². The summed E-state index contributed by atoms with van der Waals surface area (Å²) in [4.78, 5) is 11.7. The molecule has 0 unspecified atom stereocenters. The highest BCUT2D eigenvalue weighted by atomic mass is 32.2. The number of piperidine rings is 1. The topological polar surface area (TPSA) is 41.1 Å². The van der Waals surface area contributed by atoms with Crippen molar-refractivity contribution in [1.29, 1.82) is 0 Å². The van der Waals surface area contributed by atoms with Crippen molar-refractivity contribution >= 4 is 17.7 Å². The summed E-state index contributed by atoms with van der Waals surface area (Å²) >= 11 is 1.82. The van der Waals surface area contributed by atoms with E-state index >= 15 is 0 Å². The summed E-state index contributed by atoms with van der Waals surface area (Å²) < 4.78 is 0. The van der Waals surface area contributed by atoms with E-state index in [2.05, 4.69) is 22.8 Å². The minimum atomic E-state index is 0.206. The van der Waals surface area contributed by atoms with Crippen LogP contribution in [0, 0.1) is 0 Å². The Morgan fingerprint density at radius 3 is 2.69 bits per heavy atom. The summed E-state index contributed by atoms with van der Waals surface area (Å²) in [6.45, 7) is 2.21. The molecule has 0 aromatic heterocycles. The molecule has 1 amide bonds. The van der Waals surface area contributed by atoms with Crippen molar-refractivity contribution in [1.82, 2.24) is 10.6 Å². The number of thioether (sulfide) groups is 1. The molecule has 1 aliphatic heterocycles. The predicted molar refractivity (Wildman–Crippen MR) is 68.7 cm³/mol. The molecular formula is C12H20N2OS. The van der Waals surface area contributed by atoms with Gasteiger partial charge in [-0.3, -0.25) is 4.79 Å². The van der Waals surface area contributed by atoms with E-state index in [4.69, 9.17) is 0 Å². The van der Waals surface area contributed by atoms with E-state index in [9.17, 15) is 4.79 Å². The first-order valence-electron chi connectivity index (χ1n) is 6.11. The van der Waals surface area contributed by atoms with Gasteiger partial charge < -0.3 is 10.6 Å². The number of rotatable bonds is 4. The van der Waals surface area contributed by atoms with Crippen LogP contribution in [-0.2, 0) is 4.79 Å². The zero-order valence-corrected chi connectivity index (χ0v) is 10.4. The maximum absolute atomic E-state index is 11.7. The Balaban J connectivity index is 1.59. The molecule has 2 N–H and O–H groups in total. The van der Waals surface area contributed by atoms with E-state index < -0.39 is 0 Å². The Kier molecular flexibility index (Phi) is 4.72. The summed E-state index contributed by atoms with van der Waals surface area (Å²) in [5.74, 6) is 0.832. The van der Waals surface area contributed by atoms with Crippen LogP contribution in [0.3, 0.4) is 0 Å². The molecule has 0 aromatic carbocycles. The number of hydrogen-bond acceptors (Lipinski definition) is 3. The lowest BCUT2D eigenvalue weighted by Gasteiger charge is -2.22. The van der Waals surface area contributed by atoms with Gasteiger partial charge in [0.15, 0.2) is 0 Å². The second-order valence-corrected chi connectivity index (χ2v) is 5.76.